The van der Waals surface area contributed by atoms with Gasteiger partial charge >= 0.3 is 5.63 Å². The lowest BCUT2D eigenvalue weighted by molar-refractivity contribution is -0.907. The van der Waals surface area contributed by atoms with Crippen molar-refractivity contribution in [1.29, 1.82) is 0 Å². The van der Waals surface area contributed by atoms with Crippen molar-refractivity contribution >= 4 is 26.9 Å². The minimum atomic E-state index is -0.302. The first kappa shape index (κ1) is 18.7. The predicted molar refractivity (Wildman–Crippen MR) is 107 cm³/mol. The summed E-state index contributed by atoms with van der Waals surface area (Å²) in [5, 5.41) is 1.01. The highest BCUT2D eigenvalue weighted by Gasteiger charge is 2.14. The molecule has 0 aliphatic rings. The van der Waals surface area contributed by atoms with Gasteiger partial charge in [-0.25, -0.2) is 4.79 Å². The quantitative estimate of drug-likeness (QED) is 0.648. The molecule has 3 aromatic rings. The number of fused-ring (bicyclic) bond motifs is 1. The fraction of sp³-hybridized carbons (Fsp3) is 0.286. The van der Waals surface area contributed by atoms with Gasteiger partial charge in [0, 0.05) is 27.1 Å². The number of aryl methyl sites for hydroxylation is 2. The van der Waals surface area contributed by atoms with Gasteiger partial charge in [-0.15, -0.1) is 0 Å². The molecule has 0 aliphatic carbocycles. The highest BCUT2D eigenvalue weighted by Crippen LogP contribution is 2.23. The molecule has 136 valence electrons. The highest BCUT2D eigenvalue weighted by atomic mass is 79.9. The second-order valence-electron chi connectivity index (χ2n) is 6.79. The first-order chi connectivity index (χ1) is 12.4. The molecule has 4 nitrogen and oxygen atoms in total. The van der Waals surface area contributed by atoms with Crippen molar-refractivity contribution < 1.29 is 14.1 Å². The van der Waals surface area contributed by atoms with Crippen molar-refractivity contribution in [2.45, 2.75) is 26.9 Å². The summed E-state index contributed by atoms with van der Waals surface area (Å²) in [6.07, 6.45) is 0. The molecule has 1 unspecified atom stereocenters. The first-order valence-corrected chi connectivity index (χ1v) is 9.34. The summed E-state index contributed by atoms with van der Waals surface area (Å²) in [6.45, 7) is 5.61. The van der Waals surface area contributed by atoms with E-state index >= 15 is 0 Å². The Morgan fingerprint density at radius 2 is 1.73 bits per heavy atom. The molecule has 1 heterocycles. The van der Waals surface area contributed by atoms with Crippen molar-refractivity contribution in [2.24, 2.45) is 0 Å². The second-order valence-corrected chi connectivity index (χ2v) is 7.71. The molecule has 1 N–H and O–H groups in total. The van der Waals surface area contributed by atoms with Crippen molar-refractivity contribution in [3.63, 3.8) is 0 Å². The summed E-state index contributed by atoms with van der Waals surface area (Å²) < 4.78 is 11.9. The minimum Gasteiger partial charge on any atom is -0.496 e. The third-order valence-electron chi connectivity index (χ3n) is 4.67. The third kappa shape index (κ3) is 4.00. The Kier molecular flexibility index (Phi) is 5.49. The van der Waals surface area contributed by atoms with Gasteiger partial charge in [0.1, 0.15) is 24.4 Å². The number of ether oxygens (including phenoxy) is 1. The van der Waals surface area contributed by atoms with E-state index < -0.39 is 0 Å². The van der Waals surface area contributed by atoms with E-state index in [4.69, 9.17) is 9.15 Å². The number of quaternary nitrogens is 1. The van der Waals surface area contributed by atoms with Crippen molar-refractivity contribution in [3.05, 3.63) is 73.5 Å². The van der Waals surface area contributed by atoms with E-state index in [0.717, 1.165) is 45.4 Å². The Morgan fingerprint density at radius 3 is 2.46 bits per heavy atom. The molecule has 0 bridgehead atoms. The molecule has 0 fully saturated rings. The van der Waals surface area contributed by atoms with Crippen LogP contribution in [0.5, 0.6) is 5.75 Å². The molecule has 0 radical (unpaired) electrons. The van der Waals surface area contributed by atoms with Crippen LogP contribution >= 0.6 is 15.9 Å². The van der Waals surface area contributed by atoms with Crippen molar-refractivity contribution in [3.8, 4) is 5.75 Å². The number of methoxy groups -OCH3 is 1. The van der Waals surface area contributed by atoms with Gasteiger partial charge in [0.15, 0.2) is 0 Å². The molecule has 0 spiro atoms. The second kappa shape index (κ2) is 7.64. The maximum Gasteiger partial charge on any atom is 0.336 e. The van der Waals surface area contributed by atoms with Gasteiger partial charge in [0.25, 0.3) is 0 Å². The zero-order valence-corrected chi connectivity index (χ0v) is 17.1. The van der Waals surface area contributed by atoms with Crippen LogP contribution in [0.25, 0.3) is 11.0 Å². The van der Waals surface area contributed by atoms with Crippen LogP contribution in [-0.2, 0) is 13.1 Å². The lowest BCUT2D eigenvalue weighted by Crippen LogP contribution is -3.06. The largest absolute Gasteiger partial charge is 0.496 e. The summed E-state index contributed by atoms with van der Waals surface area (Å²) >= 11 is 3.52. The van der Waals surface area contributed by atoms with Crippen LogP contribution in [0.15, 0.2) is 50.1 Å². The topological polar surface area (TPSA) is 43.9 Å². The Balaban J connectivity index is 1.92. The number of hydrogen-bond donors (Lipinski definition) is 1. The molecular formula is C21H23BrNO3+. The van der Waals surface area contributed by atoms with Gasteiger partial charge in [0.2, 0.25) is 0 Å². The molecule has 0 saturated heterocycles. The van der Waals surface area contributed by atoms with Crippen LogP contribution in [0.2, 0.25) is 0 Å². The molecule has 5 heteroatoms. The minimum absolute atomic E-state index is 0.302. The Hall–Kier alpha value is -2.11. The van der Waals surface area contributed by atoms with Gasteiger partial charge in [-0.05, 0) is 55.3 Å². The Morgan fingerprint density at radius 1 is 1.04 bits per heavy atom. The van der Waals surface area contributed by atoms with Crippen LogP contribution in [0, 0.1) is 13.8 Å². The summed E-state index contributed by atoms with van der Waals surface area (Å²) in [5.41, 5.74) is 4.80. The molecule has 2 aromatic carbocycles. The van der Waals surface area contributed by atoms with Gasteiger partial charge < -0.3 is 14.1 Å². The van der Waals surface area contributed by atoms with E-state index in [0.29, 0.717) is 5.58 Å². The SMILES string of the molecule is COc1ccc(Br)cc1C[NH+](C)Cc1cc(=O)oc2cc(C)c(C)cc12. The van der Waals surface area contributed by atoms with E-state index in [1.54, 1.807) is 13.2 Å². The Bertz CT molecular complexity index is 1010. The average Bonchev–Trinajstić information content (AvgIpc) is 2.57. The van der Waals surface area contributed by atoms with E-state index in [-0.39, 0.29) is 5.63 Å². The van der Waals surface area contributed by atoms with Crippen LogP contribution in [0.4, 0.5) is 0 Å². The molecule has 26 heavy (non-hydrogen) atoms. The number of hydrogen-bond acceptors (Lipinski definition) is 3. The third-order valence-corrected chi connectivity index (χ3v) is 5.16. The first-order valence-electron chi connectivity index (χ1n) is 8.55. The lowest BCUT2D eigenvalue weighted by Gasteiger charge is -2.17. The van der Waals surface area contributed by atoms with E-state index in [1.807, 2.05) is 25.1 Å². The number of rotatable bonds is 5. The number of halogens is 1. The van der Waals surface area contributed by atoms with Gasteiger partial charge in [-0.3, -0.25) is 0 Å². The van der Waals surface area contributed by atoms with Gasteiger partial charge in [-0.1, -0.05) is 15.9 Å². The normalized spacial score (nSPS) is 12.3. The fourth-order valence-corrected chi connectivity index (χ4v) is 3.64. The number of benzene rings is 2. The summed E-state index contributed by atoms with van der Waals surface area (Å²) in [7, 11) is 3.80. The summed E-state index contributed by atoms with van der Waals surface area (Å²) in [6, 6.07) is 11.7. The van der Waals surface area contributed by atoms with Crippen LogP contribution < -0.4 is 15.3 Å². The van der Waals surface area contributed by atoms with E-state index in [2.05, 4.69) is 42.0 Å². The standard InChI is InChI=1S/C21H22BrNO3/c1-13-7-18-15(10-21(24)26-20(18)8-14(13)2)11-23(3)12-16-9-17(22)5-6-19(16)25-4/h5-10H,11-12H2,1-4H3/p+1. The molecule has 1 atom stereocenters. The zero-order chi connectivity index (χ0) is 18.8. The monoisotopic (exact) mass is 416 g/mol. The molecule has 0 aliphatic heterocycles. The lowest BCUT2D eigenvalue weighted by atomic mass is 10.0. The van der Waals surface area contributed by atoms with E-state index in [9.17, 15) is 4.79 Å². The van der Waals surface area contributed by atoms with Gasteiger partial charge in [-0.2, -0.15) is 0 Å². The summed E-state index contributed by atoms with van der Waals surface area (Å²) in [4.78, 5) is 13.2. The maximum absolute atomic E-state index is 12.0. The molecular weight excluding hydrogens is 394 g/mol. The zero-order valence-electron chi connectivity index (χ0n) is 15.5. The van der Waals surface area contributed by atoms with E-state index in [1.165, 1.54) is 10.5 Å². The average molecular weight is 417 g/mol. The summed E-state index contributed by atoms with van der Waals surface area (Å²) in [5.74, 6) is 0.872. The van der Waals surface area contributed by atoms with Crippen molar-refractivity contribution in [2.75, 3.05) is 14.2 Å². The highest BCUT2D eigenvalue weighted by molar-refractivity contribution is 9.10. The smallest absolute Gasteiger partial charge is 0.336 e. The molecule has 3 rings (SSSR count). The van der Waals surface area contributed by atoms with Crippen molar-refractivity contribution in [1.82, 2.24) is 0 Å². The molecule has 0 saturated carbocycles. The number of nitrogens with one attached hydrogen (secondary N) is 1. The van der Waals surface area contributed by atoms with Gasteiger partial charge in [0.05, 0.1) is 14.2 Å². The fourth-order valence-electron chi connectivity index (χ4n) is 3.23. The Labute approximate surface area is 161 Å². The van der Waals surface area contributed by atoms with Crippen LogP contribution in [0.3, 0.4) is 0 Å². The van der Waals surface area contributed by atoms with Crippen LogP contribution in [-0.4, -0.2) is 14.2 Å². The predicted octanol–water partition coefficient (Wildman–Crippen LogP) is 3.40. The molecule has 0 amide bonds. The van der Waals surface area contributed by atoms with Crippen LogP contribution in [0.1, 0.15) is 22.3 Å². The molecule has 1 aromatic heterocycles. The maximum atomic E-state index is 12.0.